The third-order valence-corrected chi connectivity index (χ3v) is 4.11. The van der Waals surface area contributed by atoms with E-state index in [1.807, 2.05) is 6.92 Å². The van der Waals surface area contributed by atoms with Crippen LogP contribution in [0.15, 0.2) is 15.5 Å². The average Bonchev–Trinajstić information content (AvgIpc) is 3.09. The Morgan fingerprint density at radius 3 is 2.76 bits per heavy atom. The van der Waals surface area contributed by atoms with E-state index in [9.17, 15) is 4.79 Å². The van der Waals surface area contributed by atoms with Crippen LogP contribution in [0.1, 0.15) is 33.6 Å². The third kappa shape index (κ3) is 2.54. The molecule has 0 unspecified atom stereocenters. The highest BCUT2D eigenvalue weighted by molar-refractivity contribution is 9.10. The second kappa shape index (κ2) is 4.44. The maximum Gasteiger partial charge on any atom is 0.283 e. The Kier molecular flexibility index (Phi) is 3.30. The van der Waals surface area contributed by atoms with Crippen molar-refractivity contribution in [3.63, 3.8) is 0 Å². The molecule has 1 saturated carbocycles. The normalized spacial score (nSPS) is 16.0. The summed E-state index contributed by atoms with van der Waals surface area (Å²) in [5, 5.41) is 7.55. The molecule has 1 N–H and O–H groups in total. The van der Waals surface area contributed by atoms with Crippen molar-refractivity contribution in [1.29, 1.82) is 0 Å². The van der Waals surface area contributed by atoms with Gasteiger partial charge in [0.25, 0.3) is 5.56 Å². The highest BCUT2D eigenvalue weighted by atomic mass is 79.9. The van der Waals surface area contributed by atoms with Gasteiger partial charge in [-0.25, -0.2) is 4.68 Å². The Labute approximate surface area is 110 Å². The monoisotopic (exact) mass is 299 g/mol. The summed E-state index contributed by atoms with van der Waals surface area (Å²) < 4.78 is 2.02. The topological polar surface area (TPSA) is 46.9 Å². The maximum absolute atomic E-state index is 11.9. The minimum atomic E-state index is -0.0795. The molecule has 1 aromatic rings. The summed E-state index contributed by atoms with van der Waals surface area (Å²) in [5.74, 6) is 0.697. The van der Waals surface area contributed by atoms with Gasteiger partial charge in [-0.3, -0.25) is 4.79 Å². The van der Waals surface area contributed by atoms with Gasteiger partial charge >= 0.3 is 0 Å². The van der Waals surface area contributed by atoms with Gasteiger partial charge in [0.2, 0.25) is 0 Å². The Morgan fingerprint density at radius 2 is 2.24 bits per heavy atom. The predicted molar refractivity (Wildman–Crippen MR) is 72.3 cm³/mol. The van der Waals surface area contributed by atoms with Gasteiger partial charge in [0.15, 0.2) is 0 Å². The molecule has 0 aliphatic heterocycles. The van der Waals surface area contributed by atoms with Crippen molar-refractivity contribution in [3.05, 3.63) is 21.0 Å². The molecule has 17 heavy (non-hydrogen) atoms. The van der Waals surface area contributed by atoms with Gasteiger partial charge in [0.05, 0.1) is 11.9 Å². The predicted octanol–water partition coefficient (Wildman–Crippen LogP) is 2.63. The number of halogens is 1. The molecule has 0 amide bonds. The Bertz CT molecular complexity index is 477. The molecule has 4 nitrogen and oxygen atoms in total. The lowest BCUT2D eigenvalue weighted by atomic mass is 9.98. The fraction of sp³-hybridized carbons (Fsp3) is 0.667. The molecule has 0 bridgehead atoms. The first-order valence-electron chi connectivity index (χ1n) is 5.99. The van der Waals surface area contributed by atoms with Crippen LogP contribution in [-0.2, 0) is 6.54 Å². The lowest BCUT2D eigenvalue weighted by Crippen LogP contribution is -2.35. The van der Waals surface area contributed by atoms with E-state index in [-0.39, 0.29) is 11.1 Å². The zero-order valence-electron chi connectivity index (χ0n) is 10.5. The van der Waals surface area contributed by atoms with E-state index in [4.69, 9.17) is 0 Å². The summed E-state index contributed by atoms with van der Waals surface area (Å²) in [7, 11) is 0. The molecule has 0 spiro atoms. The van der Waals surface area contributed by atoms with Crippen molar-refractivity contribution in [1.82, 2.24) is 9.78 Å². The molecule has 94 valence electrons. The van der Waals surface area contributed by atoms with Crippen molar-refractivity contribution in [3.8, 4) is 0 Å². The second-order valence-electron chi connectivity index (χ2n) is 5.11. The number of nitrogens with zero attached hydrogens (tertiary/aromatic N) is 2. The summed E-state index contributed by atoms with van der Waals surface area (Å²) in [4.78, 5) is 11.9. The standard InChI is InChI=1S/C12H18BrN3O/c1-4-16-11(17)10(13)9(7-14-16)15-12(2,3)8-5-6-8/h7-8,15H,4-6H2,1-3H3. The van der Waals surface area contributed by atoms with Gasteiger partial charge < -0.3 is 5.32 Å². The molecule has 1 fully saturated rings. The van der Waals surface area contributed by atoms with Gasteiger partial charge in [-0.15, -0.1) is 0 Å². The molecule has 5 heteroatoms. The van der Waals surface area contributed by atoms with Gasteiger partial charge in [-0.05, 0) is 55.5 Å². The second-order valence-corrected chi connectivity index (χ2v) is 5.91. The summed E-state index contributed by atoms with van der Waals surface area (Å²) in [6, 6.07) is 0. The lowest BCUT2D eigenvalue weighted by Gasteiger charge is -2.27. The third-order valence-electron chi connectivity index (χ3n) is 3.34. The maximum atomic E-state index is 11.9. The van der Waals surface area contributed by atoms with Crippen LogP contribution in [0.4, 0.5) is 5.69 Å². The van der Waals surface area contributed by atoms with Gasteiger partial charge in [-0.2, -0.15) is 5.10 Å². The minimum Gasteiger partial charge on any atom is -0.378 e. The largest absolute Gasteiger partial charge is 0.378 e. The first-order valence-corrected chi connectivity index (χ1v) is 6.79. The van der Waals surface area contributed by atoms with Crippen molar-refractivity contribution in [2.45, 2.75) is 45.7 Å². The van der Waals surface area contributed by atoms with Crippen LogP contribution < -0.4 is 10.9 Å². The number of nitrogens with one attached hydrogen (secondary N) is 1. The smallest absolute Gasteiger partial charge is 0.283 e. The molecule has 1 aromatic heterocycles. The minimum absolute atomic E-state index is 0.0229. The number of anilines is 1. The zero-order chi connectivity index (χ0) is 12.6. The Morgan fingerprint density at radius 1 is 1.59 bits per heavy atom. The quantitative estimate of drug-likeness (QED) is 0.930. The Hall–Kier alpha value is -0.840. The number of aryl methyl sites for hydroxylation is 1. The van der Waals surface area contributed by atoms with E-state index < -0.39 is 0 Å². The molecule has 0 saturated heterocycles. The number of hydrogen-bond acceptors (Lipinski definition) is 3. The van der Waals surface area contributed by atoms with E-state index in [1.165, 1.54) is 17.5 Å². The van der Waals surface area contributed by atoms with Crippen LogP contribution in [0.3, 0.4) is 0 Å². The van der Waals surface area contributed by atoms with E-state index in [1.54, 1.807) is 6.20 Å². The lowest BCUT2D eigenvalue weighted by molar-refractivity contribution is 0.492. The fourth-order valence-corrected chi connectivity index (χ4v) is 2.44. The van der Waals surface area contributed by atoms with Crippen molar-refractivity contribution < 1.29 is 0 Å². The van der Waals surface area contributed by atoms with E-state index in [0.29, 0.717) is 16.9 Å². The first-order chi connectivity index (χ1) is 7.95. The highest BCUT2D eigenvalue weighted by Gasteiger charge is 2.38. The number of rotatable bonds is 4. The van der Waals surface area contributed by atoms with E-state index >= 15 is 0 Å². The molecule has 0 atom stereocenters. The van der Waals surface area contributed by atoms with Gasteiger partial charge in [-0.1, -0.05) is 0 Å². The van der Waals surface area contributed by atoms with Crippen LogP contribution in [0, 0.1) is 5.92 Å². The van der Waals surface area contributed by atoms with Gasteiger partial charge in [0.1, 0.15) is 4.47 Å². The molecule has 1 aliphatic rings. The molecule has 2 rings (SSSR count). The number of hydrogen-bond donors (Lipinski definition) is 1. The average molecular weight is 300 g/mol. The van der Waals surface area contributed by atoms with Crippen molar-refractivity contribution in [2.75, 3.05) is 5.32 Å². The van der Waals surface area contributed by atoms with Crippen LogP contribution in [-0.4, -0.2) is 15.3 Å². The fourth-order valence-electron chi connectivity index (χ4n) is 2.03. The van der Waals surface area contributed by atoms with Crippen LogP contribution in [0.5, 0.6) is 0 Å². The van der Waals surface area contributed by atoms with E-state index in [0.717, 1.165) is 5.69 Å². The highest BCUT2D eigenvalue weighted by Crippen LogP contribution is 2.41. The van der Waals surface area contributed by atoms with Gasteiger partial charge in [0, 0.05) is 12.1 Å². The van der Waals surface area contributed by atoms with E-state index in [2.05, 4.69) is 40.2 Å². The molecule has 0 radical (unpaired) electrons. The SMILES string of the molecule is CCn1ncc(NC(C)(C)C2CC2)c(Br)c1=O. The molecule has 1 aliphatic carbocycles. The molecular weight excluding hydrogens is 282 g/mol. The summed E-state index contributed by atoms with van der Waals surface area (Å²) >= 11 is 3.36. The summed E-state index contributed by atoms with van der Waals surface area (Å²) in [5.41, 5.74) is 0.732. The van der Waals surface area contributed by atoms with Crippen molar-refractivity contribution in [2.24, 2.45) is 5.92 Å². The summed E-state index contributed by atoms with van der Waals surface area (Å²) in [6.45, 7) is 6.83. The van der Waals surface area contributed by atoms with Crippen LogP contribution in [0.25, 0.3) is 0 Å². The van der Waals surface area contributed by atoms with Crippen molar-refractivity contribution >= 4 is 21.6 Å². The van der Waals surface area contributed by atoms with Crippen LogP contribution in [0.2, 0.25) is 0 Å². The first kappa shape index (κ1) is 12.6. The zero-order valence-corrected chi connectivity index (χ0v) is 12.0. The molecule has 1 heterocycles. The molecule has 0 aromatic carbocycles. The number of aromatic nitrogens is 2. The van der Waals surface area contributed by atoms with Crippen LogP contribution >= 0.6 is 15.9 Å². The molecular formula is C12H18BrN3O. The summed E-state index contributed by atoms with van der Waals surface area (Å²) in [6.07, 6.45) is 4.24. The Balaban J connectivity index is 2.28.